The maximum Gasteiger partial charge on any atom is 0.262 e. The number of ether oxygens (including phenoxy) is 2. The van der Waals surface area contributed by atoms with E-state index in [0.29, 0.717) is 23.6 Å². The van der Waals surface area contributed by atoms with E-state index in [9.17, 15) is 4.79 Å². The molecule has 0 saturated heterocycles. The fraction of sp³-hybridized carbons (Fsp3) is 0.278. The Kier molecular flexibility index (Phi) is 7.41. The van der Waals surface area contributed by atoms with Crippen molar-refractivity contribution in [3.8, 4) is 11.5 Å². The molecule has 26 heavy (non-hydrogen) atoms. The summed E-state index contributed by atoms with van der Waals surface area (Å²) in [4.78, 5) is 12.6. The Labute approximate surface area is 167 Å². The number of amides is 1. The lowest BCUT2D eigenvalue weighted by molar-refractivity contribution is -0.706. The predicted octanol–water partition coefficient (Wildman–Crippen LogP) is 2.89. The molecule has 0 heterocycles. The third-order valence-corrected chi connectivity index (χ3v) is 4.42. The van der Waals surface area contributed by atoms with Crippen LogP contribution >= 0.6 is 34.8 Å². The summed E-state index contributed by atoms with van der Waals surface area (Å²) in [6.45, 7) is 0.547. The highest BCUT2D eigenvalue weighted by atomic mass is 35.6. The van der Waals surface area contributed by atoms with Gasteiger partial charge in [0.25, 0.3) is 9.70 Å². The highest BCUT2D eigenvalue weighted by Gasteiger charge is 2.37. The lowest BCUT2D eigenvalue weighted by Crippen LogP contribution is -2.95. The fourth-order valence-corrected chi connectivity index (χ4v) is 2.78. The first kappa shape index (κ1) is 20.6. The summed E-state index contributed by atoms with van der Waals surface area (Å²) >= 11 is 18.1. The number of benzene rings is 2. The molecule has 0 aliphatic heterocycles. The summed E-state index contributed by atoms with van der Waals surface area (Å²) < 4.78 is 8.70. The van der Waals surface area contributed by atoms with E-state index in [1.165, 1.54) is 14.2 Å². The van der Waals surface area contributed by atoms with E-state index in [2.05, 4.69) is 5.32 Å². The molecule has 2 aromatic carbocycles. The van der Waals surface area contributed by atoms with Gasteiger partial charge in [0.15, 0.2) is 11.5 Å². The van der Waals surface area contributed by atoms with Crippen LogP contribution < -0.4 is 20.1 Å². The van der Waals surface area contributed by atoms with Crippen molar-refractivity contribution in [2.24, 2.45) is 0 Å². The summed E-state index contributed by atoms with van der Waals surface area (Å²) in [5.41, 5.74) is 1.42. The van der Waals surface area contributed by atoms with Crippen molar-refractivity contribution in [3.05, 3.63) is 59.7 Å². The number of hydrogen-bond donors (Lipinski definition) is 2. The minimum Gasteiger partial charge on any atom is -0.493 e. The number of carbonyl (C=O) groups excluding carboxylic acids is 1. The first-order chi connectivity index (χ1) is 12.3. The number of rotatable bonds is 7. The zero-order valence-corrected chi connectivity index (χ0v) is 16.6. The topological polar surface area (TPSA) is 64.2 Å². The highest BCUT2D eigenvalue weighted by molar-refractivity contribution is 6.68. The normalized spacial score (nSPS) is 12.3. The van der Waals surface area contributed by atoms with Crippen molar-refractivity contribution in [1.82, 2.24) is 5.32 Å². The molecule has 0 unspecified atom stereocenters. The Morgan fingerprint density at radius 2 is 1.73 bits per heavy atom. The molecule has 5 nitrogen and oxygen atoms in total. The Morgan fingerprint density at radius 1 is 1.08 bits per heavy atom. The third-order valence-electron chi connectivity index (χ3n) is 3.72. The van der Waals surface area contributed by atoms with Crippen LogP contribution in [0.4, 0.5) is 0 Å². The van der Waals surface area contributed by atoms with Crippen LogP contribution in [-0.4, -0.2) is 30.1 Å². The molecule has 0 aliphatic rings. The van der Waals surface area contributed by atoms with Gasteiger partial charge in [-0.15, -0.1) is 0 Å². The molecular weight excluding hydrogens is 399 g/mol. The molecule has 0 fully saturated rings. The molecule has 1 amide bonds. The Balaban J connectivity index is 2.11. The standard InChI is InChI=1S/C18H19Cl3N2O3/c1-25-14-9-8-13(10-15(14)26-2)16(24)23-17(18(19,20)21)22-11-12-6-4-3-5-7-12/h3-10,17,22H,11H2,1-2H3,(H,23,24)/p+1/t17-/m0/s1. The van der Waals surface area contributed by atoms with Gasteiger partial charge in [-0.25, -0.2) is 0 Å². The molecule has 0 spiro atoms. The van der Waals surface area contributed by atoms with Crippen molar-refractivity contribution >= 4 is 40.7 Å². The molecular formula is C18H20Cl3N2O3+. The first-order valence-electron chi connectivity index (χ1n) is 7.82. The van der Waals surface area contributed by atoms with Crippen LogP contribution in [0.3, 0.4) is 0 Å². The number of hydrogen-bond acceptors (Lipinski definition) is 3. The van der Waals surface area contributed by atoms with E-state index < -0.39 is 9.96 Å². The maximum absolute atomic E-state index is 12.6. The zero-order valence-electron chi connectivity index (χ0n) is 14.3. The molecule has 0 saturated carbocycles. The summed E-state index contributed by atoms with van der Waals surface area (Å²) in [5, 5.41) is 4.51. The van der Waals surface area contributed by atoms with Crippen LogP contribution in [0, 0.1) is 0 Å². The van der Waals surface area contributed by atoms with E-state index in [0.717, 1.165) is 5.56 Å². The van der Waals surface area contributed by atoms with Crippen LogP contribution in [0.15, 0.2) is 48.5 Å². The largest absolute Gasteiger partial charge is 0.493 e. The SMILES string of the molecule is COc1ccc(C(=O)N[C@H]([NH2+]Cc2ccccc2)C(Cl)(Cl)Cl)cc1OC. The maximum atomic E-state index is 12.6. The summed E-state index contributed by atoms with van der Waals surface area (Å²) in [6, 6.07) is 14.5. The van der Waals surface area contributed by atoms with E-state index in [4.69, 9.17) is 44.3 Å². The molecule has 2 aromatic rings. The first-order valence-corrected chi connectivity index (χ1v) is 8.95. The number of nitrogens with two attached hydrogens (primary N) is 1. The third kappa shape index (κ3) is 5.68. The van der Waals surface area contributed by atoms with Gasteiger partial charge in [-0.2, -0.15) is 0 Å². The molecule has 140 valence electrons. The van der Waals surface area contributed by atoms with Gasteiger partial charge in [0, 0.05) is 11.1 Å². The van der Waals surface area contributed by atoms with Gasteiger partial charge in [0.2, 0.25) is 6.17 Å². The van der Waals surface area contributed by atoms with Crippen LogP contribution in [0.2, 0.25) is 0 Å². The minimum absolute atomic E-state index is 0.370. The van der Waals surface area contributed by atoms with Crippen LogP contribution in [0.1, 0.15) is 15.9 Å². The molecule has 8 heteroatoms. The monoisotopic (exact) mass is 417 g/mol. The highest BCUT2D eigenvalue weighted by Crippen LogP contribution is 2.29. The summed E-state index contributed by atoms with van der Waals surface area (Å²) in [7, 11) is 3.02. The van der Waals surface area contributed by atoms with Gasteiger partial charge in [0.05, 0.1) is 14.2 Å². The van der Waals surface area contributed by atoms with Crippen molar-refractivity contribution in [2.75, 3.05) is 14.2 Å². The number of quaternary nitrogens is 1. The molecule has 3 N–H and O–H groups in total. The number of halogens is 3. The Morgan fingerprint density at radius 3 is 2.31 bits per heavy atom. The molecule has 2 rings (SSSR count). The lowest BCUT2D eigenvalue weighted by Gasteiger charge is -2.23. The molecule has 1 atom stereocenters. The minimum atomic E-state index is -1.68. The molecule has 0 aromatic heterocycles. The zero-order chi connectivity index (χ0) is 19.2. The van der Waals surface area contributed by atoms with Gasteiger partial charge >= 0.3 is 0 Å². The van der Waals surface area contributed by atoms with Gasteiger partial charge in [-0.1, -0.05) is 65.1 Å². The van der Waals surface area contributed by atoms with E-state index in [1.54, 1.807) is 23.5 Å². The smallest absolute Gasteiger partial charge is 0.262 e. The van der Waals surface area contributed by atoms with Crippen molar-refractivity contribution < 1.29 is 19.6 Å². The van der Waals surface area contributed by atoms with Gasteiger partial charge < -0.3 is 14.8 Å². The van der Waals surface area contributed by atoms with Crippen molar-refractivity contribution in [1.29, 1.82) is 0 Å². The number of carbonyl (C=O) groups is 1. The number of nitrogens with one attached hydrogen (secondary N) is 1. The number of methoxy groups -OCH3 is 2. The van der Waals surface area contributed by atoms with E-state index >= 15 is 0 Å². The Hall–Kier alpha value is -1.66. The van der Waals surface area contributed by atoms with Crippen molar-refractivity contribution in [2.45, 2.75) is 16.5 Å². The Bertz CT molecular complexity index is 736. The van der Waals surface area contributed by atoms with E-state index in [-0.39, 0.29) is 5.91 Å². The fourth-order valence-electron chi connectivity index (χ4n) is 2.34. The molecule has 0 bridgehead atoms. The van der Waals surface area contributed by atoms with Gasteiger partial charge in [0.1, 0.15) is 6.54 Å². The quantitative estimate of drug-likeness (QED) is 0.537. The summed E-state index contributed by atoms with van der Waals surface area (Å²) in [6.07, 6.45) is -0.770. The van der Waals surface area contributed by atoms with Crippen molar-refractivity contribution in [3.63, 3.8) is 0 Å². The predicted molar refractivity (Wildman–Crippen MR) is 103 cm³/mol. The summed E-state index contributed by atoms with van der Waals surface area (Å²) in [5.74, 6) is 0.586. The average Bonchev–Trinajstić information content (AvgIpc) is 2.64. The van der Waals surface area contributed by atoms with Crippen LogP contribution in [0.25, 0.3) is 0 Å². The second-order valence-corrected chi connectivity index (χ2v) is 7.86. The van der Waals surface area contributed by atoms with Crippen LogP contribution in [0.5, 0.6) is 11.5 Å². The molecule has 0 aliphatic carbocycles. The van der Waals surface area contributed by atoms with E-state index in [1.807, 2.05) is 30.3 Å². The van der Waals surface area contributed by atoms with Crippen LogP contribution in [-0.2, 0) is 6.54 Å². The molecule has 0 radical (unpaired) electrons. The van der Waals surface area contributed by atoms with Gasteiger partial charge in [-0.05, 0) is 18.2 Å². The number of alkyl halides is 3. The van der Waals surface area contributed by atoms with Gasteiger partial charge in [-0.3, -0.25) is 10.1 Å². The lowest BCUT2D eigenvalue weighted by atomic mass is 10.2. The second kappa shape index (κ2) is 9.33. The second-order valence-electron chi connectivity index (χ2n) is 5.49. The average molecular weight is 419 g/mol.